The second-order valence-corrected chi connectivity index (χ2v) is 13.8. The number of para-hydroxylation sites is 1. The van der Waals surface area contributed by atoms with Crippen LogP contribution < -0.4 is 4.90 Å². The first-order chi connectivity index (χ1) is 25.1. The molecule has 2 aliphatic carbocycles. The summed E-state index contributed by atoms with van der Waals surface area (Å²) in [5, 5.41) is 4.55. The molecule has 0 amide bonds. The number of hydrogen-bond acceptors (Lipinski definition) is 2. The molecule has 11 rings (SSSR count). The Balaban J connectivity index is 1.39. The maximum Gasteiger partial charge on any atom is 0.160 e. The van der Waals surface area contributed by atoms with Gasteiger partial charge in [0.2, 0.25) is 0 Å². The number of anilines is 3. The molecule has 0 saturated carbocycles. The Bertz CT molecular complexity index is 2850. The molecule has 0 fully saturated rings. The van der Waals surface area contributed by atoms with Crippen LogP contribution in [-0.2, 0) is 5.41 Å². The Kier molecular flexibility index (Phi) is 5.73. The molecule has 0 atom stereocenters. The molecule has 2 aliphatic rings. The molecule has 0 bridgehead atoms. The quantitative estimate of drug-likeness (QED) is 0.188. The first-order valence-electron chi connectivity index (χ1n) is 17.5. The highest BCUT2D eigenvalue weighted by molar-refractivity contribution is 6.23. The predicted molar refractivity (Wildman–Crippen MR) is 207 cm³/mol. The van der Waals surface area contributed by atoms with Gasteiger partial charge in [0.25, 0.3) is 0 Å². The van der Waals surface area contributed by atoms with Crippen molar-refractivity contribution in [2.24, 2.45) is 0 Å². The van der Waals surface area contributed by atoms with Crippen LogP contribution in [0.1, 0.15) is 27.8 Å². The molecule has 3 heteroatoms. The van der Waals surface area contributed by atoms with Gasteiger partial charge in [0.1, 0.15) is 11.4 Å². The molecular formula is C48H30FNO. The van der Waals surface area contributed by atoms with E-state index in [1.54, 1.807) is 12.1 Å². The Morgan fingerprint density at radius 1 is 0.529 bits per heavy atom. The first-order valence-corrected chi connectivity index (χ1v) is 17.5. The van der Waals surface area contributed by atoms with Crippen molar-refractivity contribution in [3.63, 3.8) is 0 Å². The summed E-state index contributed by atoms with van der Waals surface area (Å²) in [4.78, 5) is 2.16. The van der Waals surface area contributed by atoms with Gasteiger partial charge in [-0.1, -0.05) is 127 Å². The molecule has 8 aromatic carbocycles. The molecule has 0 aliphatic heterocycles. The van der Waals surface area contributed by atoms with Crippen LogP contribution in [0.25, 0.3) is 55.0 Å². The van der Waals surface area contributed by atoms with Crippen LogP contribution in [0, 0.1) is 12.7 Å². The third-order valence-electron chi connectivity index (χ3n) is 11.2. The van der Waals surface area contributed by atoms with Crippen LogP contribution in [0.4, 0.5) is 21.5 Å². The van der Waals surface area contributed by atoms with Gasteiger partial charge in [-0.25, -0.2) is 4.39 Å². The highest BCUT2D eigenvalue weighted by Gasteiger charge is 2.53. The lowest BCUT2D eigenvalue weighted by Gasteiger charge is -2.32. The normalized spacial score (nSPS) is 13.5. The Morgan fingerprint density at radius 2 is 1.22 bits per heavy atom. The van der Waals surface area contributed by atoms with Gasteiger partial charge in [0.15, 0.2) is 5.58 Å². The third-order valence-corrected chi connectivity index (χ3v) is 11.2. The fourth-order valence-corrected chi connectivity index (χ4v) is 9.15. The van der Waals surface area contributed by atoms with Crippen molar-refractivity contribution in [1.82, 2.24) is 0 Å². The van der Waals surface area contributed by atoms with Gasteiger partial charge >= 0.3 is 0 Å². The third kappa shape index (κ3) is 3.70. The summed E-state index contributed by atoms with van der Waals surface area (Å²) in [5.41, 5.74) is 14.6. The van der Waals surface area contributed by atoms with Crippen LogP contribution in [0.15, 0.2) is 168 Å². The average molecular weight is 656 g/mol. The van der Waals surface area contributed by atoms with Crippen LogP contribution in [0.3, 0.4) is 0 Å². The van der Waals surface area contributed by atoms with Crippen molar-refractivity contribution in [2.75, 3.05) is 4.90 Å². The molecule has 2 nitrogen and oxygen atoms in total. The summed E-state index contributed by atoms with van der Waals surface area (Å²) in [5.74, 6) is -0.291. The highest BCUT2D eigenvalue weighted by Crippen LogP contribution is 2.66. The Hall–Kier alpha value is -6.45. The molecule has 240 valence electrons. The summed E-state index contributed by atoms with van der Waals surface area (Å²) in [6.07, 6.45) is 0. The van der Waals surface area contributed by atoms with Crippen molar-refractivity contribution in [2.45, 2.75) is 12.3 Å². The first kappa shape index (κ1) is 28.4. The average Bonchev–Trinajstić information content (AvgIpc) is 3.80. The van der Waals surface area contributed by atoms with Gasteiger partial charge in [0.05, 0.1) is 11.1 Å². The standard InChI is InChI=1S/C48H30FNO/c1-29-21-24-32(25-22-29)50(33-13-10-12-31(49)27-33)42-28-41-46(45-37-17-6-9-20-43(37)51-47(42)45)44-34-14-3-2-11-30(34)23-26-40(44)48(41)38-18-7-4-15-35(38)36-16-5-8-19-39(36)48/h2-28H,1H3. The number of rotatable bonds is 3. The smallest absolute Gasteiger partial charge is 0.160 e. The number of benzene rings is 8. The summed E-state index contributed by atoms with van der Waals surface area (Å²) in [6, 6.07) is 57.2. The zero-order valence-corrected chi connectivity index (χ0v) is 27.8. The summed E-state index contributed by atoms with van der Waals surface area (Å²) >= 11 is 0. The molecular weight excluding hydrogens is 626 g/mol. The van der Waals surface area contributed by atoms with Crippen LogP contribution in [0.2, 0.25) is 0 Å². The molecule has 51 heavy (non-hydrogen) atoms. The number of halogens is 1. The van der Waals surface area contributed by atoms with Crippen molar-refractivity contribution >= 4 is 49.8 Å². The van der Waals surface area contributed by atoms with Crippen molar-refractivity contribution in [1.29, 1.82) is 0 Å². The van der Waals surface area contributed by atoms with Crippen LogP contribution >= 0.6 is 0 Å². The largest absolute Gasteiger partial charge is 0.454 e. The predicted octanol–water partition coefficient (Wildman–Crippen LogP) is 13.0. The lowest BCUT2D eigenvalue weighted by atomic mass is 9.70. The number of aryl methyl sites for hydroxylation is 1. The minimum atomic E-state index is -0.593. The number of nitrogens with zero attached hydrogens (tertiary/aromatic N) is 1. The fourth-order valence-electron chi connectivity index (χ4n) is 9.15. The Labute approximate surface area is 294 Å². The van der Waals surface area contributed by atoms with E-state index in [9.17, 15) is 0 Å². The molecule has 1 aromatic heterocycles. The van der Waals surface area contributed by atoms with Gasteiger partial charge in [-0.05, 0) is 105 Å². The van der Waals surface area contributed by atoms with E-state index in [0.717, 1.165) is 44.6 Å². The zero-order chi connectivity index (χ0) is 33.8. The minimum absolute atomic E-state index is 0.291. The van der Waals surface area contributed by atoms with E-state index >= 15 is 4.39 Å². The van der Waals surface area contributed by atoms with Gasteiger partial charge in [-0.3, -0.25) is 0 Å². The lowest BCUT2D eigenvalue weighted by Crippen LogP contribution is -2.26. The monoisotopic (exact) mass is 655 g/mol. The fraction of sp³-hybridized carbons (Fsp3) is 0.0417. The van der Waals surface area contributed by atoms with Gasteiger partial charge in [-0.15, -0.1) is 0 Å². The molecule has 0 saturated heterocycles. The second-order valence-electron chi connectivity index (χ2n) is 13.8. The van der Waals surface area contributed by atoms with E-state index in [1.807, 2.05) is 12.1 Å². The second kappa shape index (κ2) is 10.3. The van der Waals surface area contributed by atoms with E-state index < -0.39 is 5.41 Å². The van der Waals surface area contributed by atoms with Gasteiger partial charge in [0, 0.05) is 22.1 Å². The van der Waals surface area contributed by atoms with Crippen molar-refractivity contribution < 1.29 is 8.81 Å². The maximum atomic E-state index is 15.2. The number of hydrogen-bond donors (Lipinski definition) is 0. The maximum absolute atomic E-state index is 15.2. The summed E-state index contributed by atoms with van der Waals surface area (Å²) in [6.45, 7) is 2.09. The van der Waals surface area contributed by atoms with Gasteiger partial charge in [-0.2, -0.15) is 0 Å². The molecule has 1 spiro atoms. The zero-order valence-electron chi connectivity index (χ0n) is 27.8. The molecule has 0 N–H and O–H groups in total. The van der Waals surface area contributed by atoms with E-state index in [1.165, 1.54) is 61.3 Å². The van der Waals surface area contributed by atoms with Gasteiger partial charge < -0.3 is 9.32 Å². The minimum Gasteiger partial charge on any atom is -0.454 e. The van der Waals surface area contributed by atoms with Crippen molar-refractivity contribution in [3.05, 3.63) is 197 Å². The van der Waals surface area contributed by atoms with E-state index in [2.05, 4.69) is 145 Å². The number of furan rings is 1. The van der Waals surface area contributed by atoms with E-state index in [0.29, 0.717) is 0 Å². The molecule has 1 heterocycles. The molecule has 0 unspecified atom stereocenters. The molecule has 9 aromatic rings. The molecule has 0 radical (unpaired) electrons. The van der Waals surface area contributed by atoms with Crippen LogP contribution in [0.5, 0.6) is 0 Å². The topological polar surface area (TPSA) is 16.4 Å². The SMILES string of the molecule is Cc1ccc(N(c2cccc(F)c2)c2cc3c(c4c2oc2ccccc24)-c2c(ccc4ccccc24)C32c3ccccc3-c3ccccc32)cc1. The Morgan fingerprint density at radius 3 is 1.98 bits per heavy atom. The highest BCUT2D eigenvalue weighted by atomic mass is 19.1. The number of fused-ring (bicyclic) bond motifs is 16. The van der Waals surface area contributed by atoms with Crippen LogP contribution in [-0.4, -0.2) is 0 Å². The van der Waals surface area contributed by atoms with E-state index in [4.69, 9.17) is 4.42 Å². The summed E-state index contributed by atoms with van der Waals surface area (Å²) in [7, 11) is 0. The summed E-state index contributed by atoms with van der Waals surface area (Å²) < 4.78 is 22.1. The van der Waals surface area contributed by atoms with Crippen molar-refractivity contribution in [3.8, 4) is 22.3 Å². The van der Waals surface area contributed by atoms with E-state index in [-0.39, 0.29) is 5.82 Å². The lowest BCUT2D eigenvalue weighted by molar-refractivity contribution is 0.628.